The van der Waals surface area contributed by atoms with Gasteiger partial charge in [0.25, 0.3) is 0 Å². The quantitative estimate of drug-likeness (QED) is 0.581. The molecule has 0 heterocycles. The SMILES string of the molecule is NNC(C1CCC1)C1Cc2ccccc21. The summed E-state index contributed by atoms with van der Waals surface area (Å²) >= 11 is 0. The monoisotopic (exact) mass is 202 g/mol. The van der Waals surface area contributed by atoms with E-state index in [0.29, 0.717) is 12.0 Å². The first-order valence-electron chi connectivity index (χ1n) is 5.94. The lowest BCUT2D eigenvalue weighted by Gasteiger charge is -2.43. The van der Waals surface area contributed by atoms with Gasteiger partial charge >= 0.3 is 0 Å². The van der Waals surface area contributed by atoms with Gasteiger partial charge in [0.15, 0.2) is 0 Å². The van der Waals surface area contributed by atoms with Crippen LogP contribution in [0.15, 0.2) is 24.3 Å². The van der Waals surface area contributed by atoms with Crippen LogP contribution in [0.4, 0.5) is 0 Å². The van der Waals surface area contributed by atoms with Gasteiger partial charge in [-0.25, -0.2) is 0 Å². The van der Waals surface area contributed by atoms with Crippen LogP contribution in [0.1, 0.15) is 36.3 Å². The molecule has 1 aromatic carbocycles. The van der Waals surface area contributed by atoms with Gasteiger partial charge in [-0.15, -0.1) is 0 Å². The number of benzene rings is 1. The lowest BCUT2D eigenvalue weighted by atomic mass is 9.66. The Hall–Kier alpha value is -0.860. The second-order valence-electron chi connectivity index (χ2n) is 4.89. The second kappa shape index (κ2) is 3.62. The summed E-state index contributed by atoms with van der Waals surface area (Å²) in [7, 11) is 0. The van der Waals surface area contributed by atoms with E-state index in [9.17, 15) is 0 Å². The molecular weight excluding hydrogens is 184 g/mol. The highest BCUT2D eigenvalue weighted by molar-refractivity contribution is 5.41. The first-order chi connectivity index (χ1) is 7.40. The molecule has 0 amide bonds. The van der Waals surface area contributed by atoms with Crippen molar-refractivity contribution in [3.63, 3.8) is 0 Å². The molecule has 0 bridgehead atoms. The van der Waals surface area contributed by atoms with Crippen molar-refractivity contribution in [1.82, 2.24) is 5.43 Å². The maximum absolute atomic E-state index is 5.70. The molecular formula is C13H18N2. The number of fused-ring (bicyclic) bond motifs is 1. The van der Waals surface area contributed by atoms with Crippen molar-refractivity contribution in [2.45, 2.75) is 37.6 Å². The molecule has 2 nitrogen and oxygen atoms in total. The van der Waals surface area contributed by atoms with Crippen LogP contribution in [0.3, 0.4) is 0 Å². The van der Waals surface area contributed by atoms with Crippen LogP contribution < -0.4 is 11.3 Å². The summed E-state index contributed by atoms with van der Waals surface area (Å²) in [5, 5.41) is 0. The molecule has 0 aromatic heterocycles. The fourth-order valence-corrected chi connectivity index (χ4v) is 3.00. The summed E-state index contributed by atoms with van der Waals surface area (Å²) in [6.07, 6.45) is 5.31. The minimum Gasteiger partial charge on any atom is -0.271 e. The Morgan fingerprint density at radius 3 is 2.67 bits per heavy atom. The number of hydrogen-bond acceptors (Lipinski definition) is 2. The Labute approximate surface area is 90.8 Å². The summed E-state index contributed by atoms with van der Waals surface area (Å²) in [6.45, 7) is 0. The van der Waals surface area contributed by atoms with E-state index >= 15 is 0 Å². The Kier molecular flexibility index (Phi) is 2.26. The van der Waals surface area contributed by atoms with Crippen molar-refractivity contribution in [3.8, 4) is 0 Å². The van der Waals surface area contributed by atoms with E-state index in [4.69, 9.17) is 5.84 Å². The van der Waals surface area contributed by atoms with Crippen molar-refractivity contribution >= 4 is 0 Å². The van der Waals surface area contributed by atoms with Crippen molar-refractivity contribution < 1.29 is 0 Å². The number of rotatable bonds is 3. The zero-order chi connectivity index (χ0) is 10.3. The van der Waals surface area contributed by atoms with E-state index < -0.39 is 0 Å². The molecule has 0 radical (unpaired) electrons. The summed E-state index contributed by atoms with van der Waals surface area (Å²) in [6, 6.07) is 9.27. The smallest absolute Gasteiger partial charge is 0.0310 e. The van der Waals surface area contributed by atoms with E-state index in [-0.39, 0.29) is 0 Å². The summed E-state index contributed by atoms with van der Waals surface area (Å²) < 4.78 is 0. The minimum absolute atomic E-state index is 0.508. The van der Waals surface area contributed by atoms with E-state index in [0.717, 1.165) is 5.92 Å². The van der Waals surface area contributed by atoms with Crippen LogP contribution in [0, 0.1) is 5.92 Å². The fraction of sp³-hybridized carbons (Fsp3) is 0.538. The van der Waals surface area contributed by atoms with Crippen LogP contribution in [0.5, 0.6) is 0 Å². The maximum atomic E-state index is 5.70. The fourth-order valence-electron chi connectivity index (χ4n) is 3.00. The highest BCUT2D eigenvalue weighted by atomic mass is 15.2. The van der Waals surface area contributed by atoms with Crippen molar-refractivity contribution in [2.24, 2.45) is 11.8 Å². The Bertz CT molecular complexity index is 357. The molecule has 2 aliphatic rings. The van der Waals surface area contributed by atoms with Crippen LogP contribution in [0.2, 0.25) is 0 Å². The second-order valence-corrected chi connectivity index (χ2v) is 4.89. The molecule has 80 valence electrons. The summed E-state index contributed by atoms with van der Waals surface area (Å²) in [5.41, 5.74) is 6.08. The molecule has 0 spiro atoms. The van der Waals surface area contributed by atoms with Gasteiger partial charge in [0.2, 0.25) is 0 Å². The van der Waals surface area contributed by atoms with Crippen molar-refractivity contribution in [3.05, 3.63) is 35.4 Å². The number of hydrazine groups is 1. The molecule has 15 heavy (non-hydrogen) atoms. The highest BCUT2D eigenvalue weighted by Crippen LogP contribution is 2.43. The first kappa shape index (κ1) is 9.37. The molecule has 2 heteroatoms. The number of hydrogen-bond donors (Lipinski definition) is 2. The van der Waals surface area contributed by atoms with Crippen molar-refractivity contribution in [1.29, 1.82) is 0 Å². The zero-order valence-corrected chi connectivity index (χ0v) is 8.95. The number of nitrogens with one attached hydrogen (secondary N) is 1. The van der Waals surface area contributed by atoms with Gasteiger partial charge in [-0.2, -0.15) is 0 Å². The van der Waals surface area contributed by atoms with Crippen LogP contribution in [0.25, 0.3) is 0 Å². The minimum atomic E-state index is 0.508. The molecule has 1 saturated carbocycles. The topological polar surface area (TPSA) is 38.0 Å². The predicted octanol–water partition coefficient (Wildman–Crippen LogP) is 1.96. The average Bonchev–Trinajstić information content (AvgIpc) is 2.15. The number of nitrogens with two attached hydrogens (primary N) is 1. The van der Waals surface area contributed by atoms with Gasteiger partial charge < -0.3 is 0 Å². The lowest BCUT2D eigenvalue weighted by molar-refractivity contribution is 0.194. The molecule has 2 unspecified atom stereocenters. The zero-order valence-electron chi connectivity index (χ0n) is 8.95. The van der Waals surface area contributed by atoms with E-state index in [1.165, 1.54) is 36.8 Å². The Morgan fingerprint density at radius 2 is 2.07 bits per heavy atom. The summed E-state index contributed by atoms with van der Waals surface area (Å²) in [5.74, 6) is 7.18. The third-order valence-electron chi connectivity index (χ3n) is 4.18. The molecule has 1 fully saturated rings. The van der Waals surface area contributed by atoms with E-state index in [1.807, 2.05) is 0 Å². The predicted molar refractivity (Wildman–Crippen MR) is 61.3 cm³/mol. The maximum Gasteiger partial charge on any atom is 0.0310 e. The molecule has 2 aliphatic carbocycles. The standard InChI is InChI=1S/C13H18N2/c14-15-13(9-5-3-6-9)12-8-10-4-1-2-7-11(10)12/h1-2,4,7,9,12-13,15H,3,5-6,8,14H2. The van der Waals surface area contributed by atoms with Crippen molar-refractivity contribution in [2.75, 3.05) is 0 Å². The van der Waals surface area contributed by atoms with Gasteiger partial charge in [-0.3, -0.25) is 11.3 Å². The van der Waals surface area contributed by atoms with Gasteiger partial charge in [0, 0.05) is 12.0 Å². The van der Waals surface area contributed by atoms with Crippen LogP contribution in [-0.2, 0) is 6.42 Å². The highest BCUT2D eigenvalue weighted by Gasteiger charge is 2.38. The van der Waals surface area contributed by atoms with Gasteiger partial charge in [-0.1, -0.05) is 30.7 Å². The first-order valence-corrected chi connectivity index (χ1v) is 5.94. The van der Waals surface area contributed by atoms with E-state index in [2.05, 4.69) is 29.7 Å². The van der Waals surface area contributed by atoms with Gasteiger partial charge in [0.1, 0.15) is 0 Å². The largest absolute Gasteiger partial charge is 0.271 e. The average molecular weight is 202 g/mol. The Morgan fingerprint density at radius 1 is 1.27 bits per heavy atom. The Balaban J connectivity index is 1.79. The van der Waals surface area contributed by atoms with Gasteiger partial charge in [-0.05, 0) is 36.3 Å². The van der Waals surface area contributed by atoms with Crippen LogP contribution >= 0.6 is 0 Å². The van der Waals surface area contributed by atoms with Gasteiger partial charge in [0.05, 0.1) is 0 Å². The third kappa shape index (κ3) is 1.40. The summed E-state index contributed by atoms with van der Waals surface area (Å²) in [4.78, 5) is 0. The lowest BCUT2D eigenvalue weighted by Crippen LogP contribution is -2.50. The van der Waals surface area contributed by atoms with Crippen LogP contribution in [-0.4, -0.2) is 6.04 Å². The molecule has 0 saturated heterocycles. The molecule has 0 aliphatic heterocycles. The normalized spacial score (nSPS) is 26.3. The molecule has 3 rings (SSSR count). The molecule has 1 aromatic rings. The molecule has 2 atom stereocenters. The molecule has 3 N–H and O–H groups in total. The third-order valence-corrected chi connectivity index (χ3v) is 4.18. The van der Waals surface area contributed by atoms with E-state index in [1.54, 1.807) is 0 Å².